The minimum absolute atomic E-state index is 0.132. The standard InChI is InChI=1S/C21H24N4O2S/c1-14(2)25-20-15(11-23-25)10-16(12-22-20)24-21(26)18-7-3-4-8-19(18)28-13-17-6-5-9-27-17/h3-4,7-8,10-12,14,17H,5-6,9,13H2,1-2H3,(H,24,26). The molecular weight excluding hydrogens is 372 g/mol. The quantitative estimate of drug-likeness (QED) is 0.620. The first-order chi connectivity index (χ1) is 13.6. The molecule has 0 bridgehead atoms. The molecule has 1 aromatic carbocycles. The van der Waals surface area contributed by atoms with Gasteiger partial charge in [0.25, 0.3) is 5.91 Å². The Bertz CT molecular complexity index is 979. The lowest BCUT2D eigenvalue weighted by molar-refractivity contribution is 0.102. The van der Waals surface area contributed by atoms with E-state index in [2.05, 4.69) is 29.2 Å². The van der Waals surface area contributed by atoms with Gasteiger partial charge in [-0.3, -0.25) is 4.79 Å². The summed E-state index contributed by atoms with van der Waals surface area (Å²) in [5.41, 5.74) is 2.16. The molecule has 28 heavy (non-hydrogen) atoms. The third kappa shape index (κ3) is 4.05. The number of nitrogens with zero attached hydrogens (tertiary/aromatic N) is 3. The molecule has 1 aliphatic heterocycles. The molecular formula is C21H24N4O2S. The molecule has 2 aromatic heterocycles. The first-order valence-corrected chi connectivity index (χ1v) is 10.6. The molecule has 6 nitrogen and oxygen atoms in total. The van der Waals surface area contributed by atoms with Gasteiger partial charge in [0.15, 0.2) is 5.65 Å². The number of nitrogens with one attached hydrogen (secondary N) is 1. The van der Waals surface area contributed by atoms with Gasteiger partial charge in [0, 0.05) is 28.7 Å². The number of benzene rings is 1. The minimum atomic E-state index is -0.132. The fourth-order valence-corrected chi connectivity index (χ4v) is 4.44. The van der Waals surface area contributed by atoms with Crippen LogP contribution in [-0.2, 0) is 4.74 Å². The molecule has 0 spiro atoms. The molecule has 1 N–H and O–H groups in total. The van der Waals surface area contributed by atoms with Gasteiger partial charge in [0.05, 0.1) is 29.7 Å². The Morgan fingerprint density at radius 3 is 3.00 bits per heavy atom. The SMILES string of the molecule is CC(C)n1ncc2cc(NC(=O)c3ccccc3SCC3CCCO3)cnc21. The van der Waals surface area contributed by atoms with E-state index in [-0.39, 0.29) is 18.1 Å². The van der Waals surface area contributed by atoms with Gasteiger partial charge >= 0.3 is 0 Å². The summed E-state index contributed by atoms with van der Waals surface area (Å²) in [5.74, 6) is 0.736. The highest BCUT2D eigenvalue weighted by Gasteiger charge is 2.18. The Kier molecular flexibility index (Phi) is 5.64. The lowest BCUT2D eigenvalue weighted by Crippen LogP contribution is -2.14. The zero-order chi connectivity index (χ0) is 19.5. The number of amides is 1. The van der Waals surface area contributed by atoms with Gasteiger partial charge in [0.2, 0.25) is 0 Å². The van der Waals surface area contributed by atoms with Gasteiger partial charge in [-0.15, -0.1) is 11.8 Å². The van der Waals surface area contributed by atoms with Crippen molar-refractivity contribution in [1.82, 2.24) is 14.8 Å². The van der Waals surface area contributed by atoms with Crippen molar-refractivity contribution < 1.29 is 9.53 Å². The average Bonchev–Trinajstić information content (AvgIpc) is 3.36. The maximum atomic E-state index is 12.9. The molecule has 1 saturated heterocycles. The lowest BCUT2D eigenvalue weighted by Gasteiger charge is -2.12. The minimum Gasteiger partial charge on any atom is -0.377 e. The predicted molar refractivity (Wildman–Crippen MR) is 112 cm³/mol. The number of rotatable bonds is 6. The van der Waals surface area contributed by atoms with Crippen LogP contribution in [0.15, 0.2) is 47.6 Å². The number of hydrogen-bond donors (Lipinski definition) is 1. The molecule has 146 valence electrons. The summed E-state index contributed by atoms with van der Waals surface area (Å²) in [5, 5.41) is 8.26. The van der Waals surface area contributed by atoms with Crippen molar-refractivity contribution in [2.24, 2.45) is 0 Å². The number of anilines is 1. The van der Waals surface area contributed by atoms with Crippen LogP contribution in [0, 0.1) is 0 Å². The zero-order valence-electron chi connectivity index (χ0n) is 16.1. The number of fused-ring (bicyclic) bond motifs is 1. The second-order valence-electron chi connectivity index (χ2n) is 7.22. The Hall–Kier alpha value is -2.38. The first kappa shape index (κ1) is 19.0. The summed E-state index contributed by atoms with van der Waals surface area (Å²) in [4.78, 5) is 18.3. The van der Waals surface area contributed by atoms with Crippen LogP contribution in [0.4, 0.5) is 5.69 Å². The molecule has 7 heteroatoms. The van der Waals surface area contributed by atoms with Gasteiger partial charge < -0.3 is 10.1 Å². The van der Waals surface area contributed by atoms with E-state index < -0.39 is 0 Å². The Balaban J connectivity index is 1.49. The summed E-state index contributed by atoms with van der Waals surface area (Å²) >= 11 is 1.68. The summed E-state index contributed by atoms with van der Waals surface area (Å²) in [6.07, 6.45) is 5.96. The van der Waals surface area contributed by atoms with Crippen LogP contribution in [0.3, 0.4) is 0 Å². The monoisotopic (exact) mass is 396 g/mol. The van der Waals surface area contributed by atoms with Crippen molar-refractivity contribution in [3.05, 3.63) is 48.3 Å². The van der Waals surface area contributed by atoms with Crippen molar-refractivity contribution in [3.63, 3.8) is 0 Å². The van der Waals surface area contributed by atoms with Crippen LogP contribution in [0.25, 0.3) is 11.0 Å². The highest BCUT2D eigenvalue weighted by Crippen LogP contribution is 2.27. The number of carbonyl (C=O) groups excluding carboxylic acids is 1. The summed E-state index contributed by atoms with van der Waals surface area (Å²) in [6, 6.07) is 9.84. The number of ether oxygens (including phenoxy) is 1. The molecule has 1 atom stereocenters. The molecule has 1 unspecified atom stereocenters. The Labute approximate surface area is 168 Å². The van der Waals surface area contributed by atoms with Crippen LogP contribution < -0.4 is 5.32 Å². The zero-order valence-corrected chi connectivity index (χ0v) is 16.9. The van der Waals surface area contributed by atoms with E-state index in [1.165, 1.54) is 0 Å². The van der Waals surface area contributed by atoms with Crippen LogP contribution in [0.1, 0.15) is 43.1 Å². The molecule has 3 aromatic rings. The average molecular weight is 397 g/mol. The van der Waals surface area contributed by atoms with Crippen LogP contribution in [-0.4, -0.2) is 39.1 Å². The maximum absolute atomic E-state index is 12.9. The van der Waals surface area contributed by atoms with Crippen molar-refractivity contribution in [2.45, 2.75) is 43.7 Å². The third-order valence-corrected chi connectivity index (χ3v) is 5.97. The van der Waals surface area contributed by atoms with E-state index >= 15 is 0 Å². The summed E-state index contributed by atoms with van der Waals surface area (Å²) in [7, 11) is 0. The molecule has 4 rings (SSSR count). The third-order valence-electron chi connectivity index (χ3n) is 4.76. The first-order valence-electron chi connectivity index (χ1n) is 9.60. The van der Waals surface area contributed by atoms with E-state index in [0.29, 0.717) is 11.3 Å². The molecule has 1 amide bonds. The van der Waals surface area contributed by atoms with Gasteiger partial charge in [-0.1, -0.05) is 12.1 Å². The van der Waals surface area contributed by atoms with Crippen molar-refractivity contribution >= 4 is 34.4 Å². The molecule has 1 aliphatic rings. The van der Waals surface area contributed by atoms with Gasteiger partial charge in [-0.05, 0) is 44.9 Å². The summed E-state index contributed by atoms with van der Waals surface area (Å²) < 4.78 is 7.57. The smallest absolute Gasteiger partial charge is 0.256 e. The van der Waals surface area contributed by atoms with E-state index in [1.54, 1.807) is 24.2 Å². The normalized spacial score (nSPS) is 16.8. The van der Waals surface area contributed by atoms with Crippen molar-refractivity contribution in [2.75, 3.05) is 17.7 Å². The van der Waals surface area contributed by atoms with Crippen LogP contribution >= 0.6 is 11.8 Å². The maximum Gasteiger partial charge on any atom is 0.256 e. The molecule has 0 saturated carbocycles. The largest absolute Gasteiger partial charge is 0.377 e. The lowest BCUT2D eigenvalue weighted by atomic mass is 10.2. The second-order valence-corrected chi connectivity index (χ2v) is 8.28. The Morgan fingerprint density at radius 1 is 1.36 bits per heavy atom. The van der Waals surface area contributed by atoms with Gasteiger partial charge in [0.1, 0.15) is 0 Å². The van der Waals surface area contributed by atoms with E-state index in [0.717, 1.165) is 41.1 Å². The fourth-order valence-electron chi connectivity index (χ4n) is 3.32. The highest BCUT2D eigenvalue weighted by atomic mass is 32.2. The van der Waals surface area contributed by atoms with Crippen LogP contribution in [0.5, 0.6) is 0 Å². The van der Waals surface area contributed by atoms with Crippen molar-refractivity contribution in [1.29, 1.82) is 0 Å². The van der Waals surface area contributed by atoms with Gasteiger partial charge in [-0.25, -0.2) is 9.67 Å². The van der Waals surface area contributed by atoms with Crippen molar-refractivity contribution in [3.8, 4) is 0 Å². The topological polar surface area (TPSA) is 69.0 Å². The number of thioether (sulfide) groups is 1. The number of aromatic nitrogens is 3. The Morgan fingerprint density at radius 2 is 2.21 bits per heavy atom. The number of carbonyl (C=O) groups is 1. The second kappa shape index (κ2) is 8.32. The molecule has 3 heterocycles. The van der Waals surface area contributed by atoms with Gasteiger partial charge in [-0.2, -0.15) is 5.10 Å². The van der Waals surface area contributed by atoms with E-state index in [9.17, 15) is 4.79 Å². The number of hydrogen-bond acceptors (Lipinski definition) is 5. The predicted octanol–water partition coefficient (Wildman–Crippen LogP) is 4.54. The fraction of sp³-hybridized carbons (Fsp3) is 0.381. The highest BCUT2D eigenvalue weighted by molar-refractivity contribution is 7.99. The molecule has 1 fully saturated rings. The molecule has 0 radical (unpaired) electrons. The summed E-state index contributed by atoms with van der Waals surface area (Å²) in [6.45, 7) is 4.97. The number of pyridine rings is 1. The van der Waals surface area contributed by atoms with E-state index in [4.69, 9.17) is 4.74 Å². The molecule has 0 aliphatic carbocycles. The van der Waals surface area contributed by atoms with E-state index in [1.807, 2.05) is 35.0 Å². The van der Waals surface area contributed by atoms with Crippen LogP contribution in [0.2, 0.25) is 0 Å².